The Morgan fingerprint density at radius 2 is 2.10 bits per heavy atom. The molecule has 0 aliphatic carbocycles. The minimum atomic E-state index is -3.87. The van der Waals surface area contributed by atoms with Crippen LogP contribution >= 0.6 is 0 Å². The number of hydrogen-bond donors (Lipinski definition) is 1. The lowest BCUT2D eigenvalue weighted by Gasteiger charge is -2.23. The van der Waals surface area contributed by atoms with Gasteiger partial charge in [0.1, 0.15) is 11.0 Å². The summed E-state index contributed by atoms with van der Waals surface area (Å²) in [5.74, 6) is 0. The van der Waals surface area contributed by atoms with Crippen molar-refractivity contribution in [1.82, 2.24) is 4.98 Å². The van der Waals surface area contributed by atoms with E-state index in [9.17, 15) is 8.42 Å². The molecule has 108 valence electrons. The number of pyridine rings is 1. The van der Waals surface area contributed by atoms with Crippen LogP contribution in [0.1, 0.15) is 12.6 Å². The van der Waals surface area contributed by atoms with Gasteiger partial charge in [-0.1, -0.05) is 6.07 Å². The van der Waals surface area contributed by atoms with E-state index in [1.54, 1.807) is 37.3 Å². The maximum Gasteiger partial charge on any atom is 0.267 e. The Balaban J connectivity index is 2.58. The van der Waals surface area contributed by atoms with Crippen LogP contribution in [0.4, 0.5) is 11.4 Å². The molecule has 2 N–H and O–H groups in total. The number of nitrogen functional groups attached to an aromatic ring is 1. The van der Waals surface area contributed by atoms with Gasteiger partial charge in [-0.15, -0.1) is 0 Å². The van der Waals surface area contributed by atoms with Crippen LogP contribution in [-0.4, -0.2) is 19.9 Å². The first kappa shape index (κ1) is 14.8. The molecule has 0 atom stereocenters. The average molecular weight is 302 g/mol. The van der Waals surface area contributed by atoms with Crippen LogP contribution in [0.2, 0.25) is 0 Å². The van der Waals surface area contributed by atoms with Crippen LogP contribution in [0, 0.1) is 11.3 Å². The van der Waals surface area contributed by atoms with Crippen LogP contribution in [0.25, 0.3) is 0 Å². The highest BCUT2D eigenvalue weighted by Gasteiger charge is 2.27. The van der Waals surface area contributed by atoms with Crippen molar-refractivity contribution in [2.75, 3.05) is 16.6 Å². The molecular formula is C14H14N4O2S. The summed E-state index contributed by atoms with van der Waals surface area (Å²) in [4.78, 5) is 3.69. The molecule has 2 rings (SSSR count). The fourth-order valence-electron chi connectivity index (χ4n) is 1.97. The highest BCUT2D eigenvalue weighted by molar-refractivity contribution is 7.92. The fourth-order valence-corrected chi connectivity index (χ4v) is 3.53. The molecule has 0 aliphatic heterocycles. The first-order valence-corrected chi connectivity index (χ1v) is 7.68. The molecule has 0 amide bonds. The van der Waals surface area contributed by atoms with Gasteiger partial charge in [0, 0.05) is 18.4 Å². The Labute approximate surface area is 123 Å². The van der Waals surface area contributed by atoms with Gasteiger partial charge in [-0.3, -0.25) is 4.31 Å². The lowest BCUT2D eigenvalue weighted by Crippen LogP contribution is -2.31. The first-order chi connectivity index (χ1) is 10.0. The first-order valence-electron chi connectivity index (χ1n) is 6.24. The van der Waals surface area contributed by atoms with Crippen molar-refractivity contribution < 1.29 is 8.42 Å². The molecule has 1 heterocycles. The molecule has 0 spiro atoms. The van der Waals surface area contributed by atoms with Crippen molar-refractivity contribution in [3.05, 3.63) is 48.3 Å². The van der Waals surface area contributed by atoms with Gasteiger partial charge in [0.2, 0.25) is 0 Å². The van der Waals surface area contributed by atoms with Gasteiger partial charge in [-0.2, -0.15) is 5.26 Å². The van der Waals surface area contributed by atoms with E-state index in [0.717, 1.165) is 0 Å². The minimum absolute atomic E-state index is 0.114. The smallest absolute Gasteiger partial charge is 0.267 e. The molecule has 7 heteroatoms. The molecule has 0 saturated carbocycles. The van der Waals surface area contributed by atoms with E-state index in [1.165, 1.54) is 22.6 Å². The van der Waals surface area contributed by atoms with Crippen molar-refractivity contribution >= 4 is 21.4 Å². The number of aromatic nitrogens is 1. The predicted molar refractivity (Wildman–Crippen MR) is 80.0 cm³/mol. The zero-order chi connectivity index (χ0) is 15.5. The molecule has 2 aromatic rings. The third kappa shape index (κ3) is 2.80. The Kier molecular flexibility index (Phi) is 4.10. The van der Waals surface area contributed by atoms with Crippen LogP contribution in [0.5, 0.6) is 0 Å². The SMILES string of the molecule is CCN(c1cccc(N)c1)S(=O)(=O)c1cccnc1C#N. The number of sulfonamides is 1. The van der Waals surface area contributed by atoms with Crippen LogP contribution < -0.4 is 10.0 Å². The molecule has 1 aromatic heterocycles. The summed E-state index contributed by atoms with van der Waals surface area (Å²) in [7, 11) is -3.87. The van der Waals surface area contributed by atoms with Gasteiger partial charge in [-0.25, -0.2) is 13.4 Å². The van der Waals surface area contributed by atoms with Gasteiger partial charge in [-0.05, 0) is 37.3 Å². The van der Waals surface area contributed by atoms with Gasteiger partial charge in [0.15, 0.2) is 5.69 Å². The fraction of sp³-hybridized carbons (Fsp3) is 0.143. The molecule has 21 heavy (non-hydrogen) atoms. The summed E-state index contributed by atoms with van der Waals surface area (Å²) in [6.45, 7) is 1.93. The van der Waals surface area contributed by atoms with E-state index in [4.69, 9.17) is 11.0 Å². The maximum atomic E-state index is 12.7. The second-order valence-corrected chi connectivity index (χ2v) is 6.06. The summed E-state index contributed by atoms with van der Waals surface area (Å²) >= 11 is 0. The summed E-state index contributed by atoms with van der Waals surface area (Å²) in [6.07, 6.45) is 1.38. The van der Waals surface area contributed by atoms with Gasteiger partial charge >= 0.3 is 0 Å². The monoisotopic (exact) mass is 302 g/mol. The zero-order valence-electron chi connectivity index (χ0n) is 11.4. The van der Waals surface area contributed by atoms with Gasteiger partial charge < -0.3 is 5.73 Å². The summed E-state index contributed by atoms with van der Waals surface area (Å²) in [5.41, 5.74) is 6.49. The second-order valence-electron chi connectivity index (χ2n) is 4.23. The van der Waals surface area contributed by atoms with Crippen molar-refractivity contribution in [2.45, 2.75) is 11.8 Å². The minimum Gasteiger partial charge on any atom is -0.399 e. The molecule has 6 nitrogen and oxygen atoms in total. The molecular weight excluding hydrogens is 288 g/mol. The van der Waals surface area contributed by atoms with E-state index in [-0.39, 0.29) is 17.1 Å². The predicted octanol–water partition coefficient (Wildman–Crippen LogP) is 1.75. The van der Waals surface area contributed by atoms with Gasteiger partial charge in [0.25, 0.3) is 10.0 Å². The largest absolute Gasteiger partial charge is 0.399 e. The summed E-state index contributed by atoms with van der Waals surface area (Å²) < 4.78 is 26.7. The van der Waals surface area contributed by atoms with E-state index in [2.05, 4.69) is 4.98 Å². The average Bonchev–Trinajstić information content (AvgIpc) is 2.47. The van der Waals surface area contributed by atoms with Crippen molar-refractivity contribution in [2.24, 2.45) is 0 Å². The van der Waals surface area contributed by atoms with Crippen molar-refractivity contribution in [3.8, 4) is 6.07 Å². The number of nitrogens with two attached hydrogens (primary N) is 1. The number of benzene rings is 1. The highest BCUT2D eigenvalue weighted by atomic mass is 32.2. The third-order valence-corrected chi connectivity index (χ3v) is 4.82. The van der Waals surface area contributed by atoms with Crippen LogP contribution in [0.3, 0.4) is 0 Å². The number of nitrogens with zero attached hydrogens (tertiary/aromatic N) is 3. The lowest BCUT2D eigenvalue weighted by molar-refractivity contribution is 0.591. The standard InChI is InChI=1S/C14H14N4O2S/c1-2-18(12-6-3-5-11(16)9-12)21(19,20)14-7-4-8-17-13(14)10-15/h3-9H,2,16H2,1H3. The van der Waals surface area contributed by atoms with Crippen molar-refractivity contribution in [1.29, 1.82) is 5.26 Å². The molecule has 0 aliphatic rings. The number of nitriles is 1. The Hall–Kier alpha value is -2.59. The molecule has 0 saturated heterocycles. The summed E-state index contributed by atoms with van der Waals surface area (Å²) in [5, 5.41) is 9.04. The third-order valence-electron chi connectivity index (χ3n) is 2.89. The topological polar surface area (TPSA) is 100 Å². The van der Waals surface area contributed by atoms with Crippen LogP contribution in [0.15, 0.2) is 47.5 Å². The molecule has 0 fully saturated rings. The number of hydrogen-bond acceptors (Lipinski definition) is 5. The number of anilines is 2. The second kappa shape index (κ2) is 5.81. The number of rotatable bonds is 4. The van der Waals surface area contributed by atoms with E-state index in [1.807, 2.05) is 0 Å². The van der Waals surface area contributed by atoms with E-state index < -0.39 is 10.0 Å². The van der Waals surface area contributed by atoms with Crippen molar-refractivity contribution in [3.63, 3.8) is 0 Å². The Morgan fingerprint density at radius 1 is 1.33 bits per heavy atom. The lowest BCUT2D eigenvalue weighted by atomic mass is 10.3. The Morgan fingerprint density at radius 3 is 2.71 bits per heavy atom. The molecule has 0 radical (unpaired) electrons. The molecule has 0 bridgehead atoms. The van der Waals surface area contributed by atoms with Crippen LogP contribution in [-0.2, 0) is 10.0 Å². The van der Waals surface area contributed by atoms with E-state index in [0.29, 0.717) is 11.4 Å². The molecule has 0 unspecified atom stereocenters. The Bertz CT molecular complexity index is 797. The van der Waals surface area contributed by atoms with Gasteiger partial charge in [0.05, 0.1) is 5.69 Å². The quantitative estimate of drug-likeness (QED) is 0.867. The maximum absolute atomic E-state index is 12.7. The van der Waals surface area contributed by atoms with E-state index >= 15 is 0 Å². The highest BCUT2D eigenvalue weighted by Crippen LogP contribution is 2.25. The molecule has 1 aromatic carbocycles. The normalized spacial score (nSPS) is 10.9. The summed E-state index contributed by atoms with van der Waals surface area (Å²) in [6, 6.07) is 11.2. The zero-order valence-corrected chi connectivity index (χ0v) is 12.2.